The molecule has 0 bridgehead atoms. The minimum atomic E-state index is -0.500. The number of aromatic nitrogens is 1. The molecule has 0 atom stereocenters. The first-order chi connectivity index (χ1) is 11.2. The second-order valence-electron chi connectivity index (χ2n) is 4.55. The predicted molar refractivity (Wildman–Crippen MR) is 85.8 cm³/mol. The average molecular weight is 337 g/mol. The van der Waals surface area contributed by atoms with Gasteiger partial charge in [-0.2, -0.15) is 0 Å². The number of carbonyl (C=O) groups is 1. The molecule has 0 radical (unpaired) electrons. The number of hydrogen-bond donors (Lipinski definition) is 1. The summed E-state index contributed by atoms with van der Waals surface area (Å²) >= 11 is 1.52. The van der Waals surface area contributed by atoms with Crippen molar-refractivity contribution in [1.29, 1.82) is 0 Å². The molecule has 2 rings (SSSR count). The first-order valence-electron chi connectivity index (χ1n) is 7.30. The first kappa shape index (κ1) is 17.6. The zero-order valence-corrected chi connectivity index (χ0v) is 13.9. The lowest BCUT2D eigenvalue weighted by Crippen LogP contribution is -2.08. The van der Waals surface area contributed by atoms with E-state index in [1.54, 1.807) is 19.1 Å². The third-order valence-electron chi connectivity index (χ3n) is 2.87. The van der Waals surface area contributed by atoms with Gasteiger partial charge in [-0.1, -0.05) is 0 Å². The minimum Gasteiger partial charge on any atom is -0.461 e. The molecule has 6 nitrogen and oxygen atoms in total. The Morgan fingerprint density at radius 3 is 2.74 bits per heavy atom. The molecule has 23 heavy (non-hydrogen) atoms. The molecule has 0 aromatic carbocycles. The summed E-state index contributed by atoms with van der Waals surface area (Å²) in [5.41, 5.74) is 1.42. The minimum absolute atomic E-state index is 0.189. The molecule has 0 aliphatic heterocycles. The fraction of sp³-hybridized carbons (Fsp3) is 0.375. The molecule has 0 spiro atoms. The third-order valence-corrected chi connectivity index (χ3v) is 3.98. The summed E-state index contributed by atoms with van der Waals surface area (Å²) < 4.78 is 4.97. The van der Waals surface area contributed by atoms with Crippen LogP contribution >= 0.6 is 11.3 Å². The predicted octanol–water partition coefficient (Wildman–Crippen LogP) is 2.95. The van der Waals surface area contributed by atoms with Gasteiger partial charge in [0.25, 0.3) is 0 Å². The quantitative estimate of drug-likeness (QED) is 0.345. The Bertz CT molecular complexity index is 656. The zero-order chi connectivity index (χ0) is 16.7. The fourth-order valence-corrected chi connectivity index (χ4v) is 2.81. The molecular formula is C16H19NO5S. The Kier molecular flexibility index (Phi) is 6.66. The molecule has 2 aromatic heterocycles. The normalized spacial score (nSPS) is 10.7. The molecule has 0 fully saturated rings. The van der Waals surface area contributed by atoms with Crippen molar-refractivity contribution < 1.29 is 24.4 Å². The summed E-state index contributed by atoms with van der Waals surface area (Å²) in [5, 5.41) is 9.35. The second-order valence-corrected chi connectivity index (χ2v) is 5.71. The molecule has 0 amide bonds. The standard InChI is InChI=1S/C16H19NO5S/c1-3-20-16(19)14-8-11(7-12(9-18)17-14)15-6-5-13(23-15)10-22-21-4-2/h5-8,18H,3-4,9-10H2,1-2H3. The van der Waals surface area contributed by atoms with Crippen LogP contribution in [0.25, 0.3) is 10.4 Å². The molecule has 0 aliphatic carbocycles. The van der Waals surface area contributed by atoms with E-state index in [-0.39, 0.29) is 18.9 Å². The van der Waals surface area contributed by atoms with E-state index in [2.05, 4.69) is 4.98 Å². The number of aliphatic hydroxyl groups is 1. The monoisotopic (exact) mass is 337 g/mol. The molecule has 0 saturated carbocycles. The average Bonchev–Trinajstić information content (AvgIpc) is 3.04. The molecule has 7 heteroatoms. The number of esters is 1. The second kappa shape index (κ2) is 8.73. The highest BCUT2D eigenvalue weighted by atomic mass is 32.1. The van der Waals surface area contributed by atoms with Gasteiger partial charge in [0.2, 0.25) is 0 Å². The maximum Gasteiger partial charge on any atom is 0.356 e. The van der Waals surface area contributed by atoms with Gasteiger partial charge < -0.3 is 9.84 Å². The molecule has 0 aliphatic rings. The Labute approximate surface area is 138 Å². The van der Waals surface area contributed by atoms with Crippen molar-refractivity contribution in [1.82, 2.24) is 4.98 Å². The van der Waals surface area contributed by atoms with Crippen molar-refractivity contribution >= 4 is 17.3 Å². The Hall–Kier alpha value is -1.80. The topological polar surface area (TPSA) is 77.9 Å². The molecule has 2 heterocycles. The van der Waals surface area contributed by atoms with Gasteiger partial charge in [0.15, 0.2) is 0 Å². The van der Waals surface area contributed by atoms with E-state index in [4.69, 9.17) is 14.5 Å². The van der Waals surface area contributed by atoms with Crippen LogP contribution < -0.4 is 0 Å². The first-order valence-corrected chi connectivity index (χ1v) is 8.12. The summed E-state index contributed by atoms with van der Waals surface area (Å²) in [6, 6.07) is 7.28. The Balaban J connectivity index is 2.24. The van der Waals surface area contributed by atoms with Crippen molar-refractivity contribution in [3.63, 3.8) is 0 Å². The Morgan fingerprint density at radius 1 is 1.22 bits per heavy atom. The van der Waals surface area contributed by atoms with Crippen LogP contribution in [-0.4, -0.2) is 29.3 Å². The van der Waals surface area contributed by atoms with E-state index in [0.29, 0.717) is 18.9 Å². The fourth-order valence-electron chi connectivity index (χ4n) is 1.91. The van der Waals surface area contributed by atoms with Crippen molar-refractivity contribution in [3.05, 3.63) is 40.5 Å². The number of rotatable bonds is 8. The highest BCUT2D eigenvalue weighted by molar-refractivity contribution is 7.15. The zero-order valence-electron chi connectivity index (χ0n) is 13.1. The van der Waals surface area contributed by atoms with Gasteiger partial charge in [0.05, 0.1) is 25.5 Å². The van der Waals surface area contributed by atoms with Crippen molar-refractivity contribution in [2.45, 2.75) is 27.1 Å². The van der Waals surface area contributed by atoms with Crippen LogP contribution in [0.4, 0.5) is 0 Å². The number of thiophene rings is 1. The third kappa shape index (κ3) is 4.84. The van der Waals surface area contributed by atoms with Crippen LogP contribution in [0.5, 0.6) is 0 Å². The molecule has 1 N–H and O–H groups in total. The van der Waals surface area contributed by atoms with E-state index >= 15 is 0 Å². The van der Waals surface area contributed by atoms with Gasteiger partial charge in [0, 0.05) is 9.75 Å². The van der Waals surface area contributed by atoms with Gasteiger partial charge in [-0.15, -0.1) is 11.3 Å². The van der Waals surface area contributed by atoms with Crippen LogP contribution in [-0.2, 0) is 27.7 Å². The summed E-state index contributed by atoms with van der Waals surface area (Å²) in [4.78, 5) is 27.8. The van der Waals surface area contributed by atoms with Gasteiger partial charge in [0.1, 0.15) is 12.3 Å². The van der Waals surface area contributed by atoms with Crippen LogP contribution in [0.1, 0.15) is 34.9 Å². The van der Waals surface area contributed by atoms with Crippen molar-refractivity contribution in [2.24, 2.45) is 0 Å². The van der Waals surface area contributed by atoms with E-state index in [0.717, 1.165) is 15.3 Å². The van der Waals surface area contributed by atoms with E-state index in [1.165, 1.54) is 11.3 Å². The lowest BCUT2D eigenvalue weighted by atomic mass is 10.1. The number of carbonyl (C=O) groups excluding carboxylic acids is 1. The highest BCUT2D eigenvalue weighted by Crippen LogP contribution is 2.29. The van der Waals surface area contributed by atoms with Crippen LogP contribution in [0, 0.1) is 0 Å². The van der Waals surface area contributed by atoms with Gasteiger partial charge >= 0.3 is 5.97 Å². The molecule has 124 valence electrons. The number of aliphatic hydroxyl groups excluding tert-OH is 1. The summed E-state index contributed by atoms with van der Waals surface area (Å²) in [6.45, 7) is 4.47. The van der Waals surface area contributed by atoms with Crippen molar-refractivity contribution in [2.75, 3.05) is 13.2 Å². The SMILES string of the molecule is CCOOCc1ccc(-c2cc(CO)nc(C(=O)OCC)c2)s1. The van der Waals surface area contributed by atoms with Gasteiger partial charge in [-0.3, -0.25) is 0 Å². The lowest BCUT2D eigenvalue weighted by Gasteiger charge is -2.06. The largest absolute Gasteiger partial charge is 0.461 e. The molecular weight excluding hydrogens is 318 g/mol. The number of nitrogens with zero attached hydrogens (tertiary/aromatic N) is 1. The molecule has 0 saturated heterocycles. The smallest absolute Gasteiger partial charge is 0.356 e. The van der Waals surface area contributed by atoms with E-state index in [1.807, 2.05) is 19.1 Å². The van der Waals surface area contributed by atoms with E-state index < -0.39 is 5.97 Å². The maximum atomic E-state index is 11.9. The van der Waals surface area contributed by atoms with Crippen LogP contribution in [0.15, 0.2) is 24.3 Å². The van der Waals surface area contributed by atoms with Crippen molar-refractivity contribution in [3.8, 4) is 10.4 Å². The van der Waals surface area contributed by atoms with Gasteiger partial charge in [-0.25, -0.2) is 19.6 Å². The lowest BCUT2D eigenvalue weighted by molar-refractivity contribution is -0.300. The Morgan fingerprint density at radius 2 is 2.04 bits per heavy atom. The highest BCUT2D eigenvalue weighted by Gasteiger charge is 2.13. The number of ether oxygens (including phenoxy) is 1. The molecule has 0 unspecified atom stereocenters. The summed E-state index contributed by atoms with van der Waals surface area (Å²) in [5.74, 6) is -0.500. The summed E-state index contributed by atoms with van der Waals surface area (Å²) in [7, 11) is 0. The van der Waals surface area contributed by atoms with E-state index in [9.17, 15) is 9.90 Å². The number of hydrogen-bond acceptors (Lipinski definition) is 7. The van der Waals surface area contributed by atoms with Crippen LogP contribution in [0.3, 0.4) is 0 Å². The van der Waals surface area contributed by atoms with Gasteiger partial charge in [-0.05, 0) is 43.7 Å². The number of pyridine rings is 1. The maximum absolute atomic E-state index is 11.9. The molecule has 2 aromatic rings. The summed E-state index contributed by atoms with van der Waals surface area (Å²) in [6.07, 6.45) is 0. The van der Waals surface area contributed by atoms with Crippen LogP contribution in [0.2, 0.25) is 0 Å².